The minimum atomic E-state index is -0.293. The van der Waals surface area contributed by atoms with Crippen LogP contribution in [0.2, 0.25) is 0 Å². The lowest BCUT2D eigenvalue weighted by atomic mass is 9.82. The molecule has 0 saturated heterocycles. The van der Waals surface area contributed by atoms with E-state index < -0.39 is 0 Å². The fraction of sp³-hybridized carbons (Fsp3) is 0.438. The molecule has 0 amide bonds. The molecule has 1 aromatic rings. The van der Waals surface area contributed by atoms with Gasteiger partial charge in [-0.3, -0.25) is 4.90 Å². The van der Waals surface area contributed by atoms with Gasteiger partial charge in [0, 0.05) is 25.0 Å². The Hall–Kier alpha value is -1.41. The third kappa shape index (κ3) is 3.08. The average Bonchev–Trinajstić information content (AvgIpc) is 2.40. The monoisotopic (exact) mass is 243 g/mol. The Kier molecular flexibility index (Phi) is 3.97. The normalized spacial score (nSPS) is 17.3. The average molecular weight is 243 g/mol. The zero-order valence-corrected chi connectivity index (χ0v) is 11.2. The van der Waals surface area contributed by atoms with E-state index in [1.165, 1.54) is 11.1 Å². The summed E-state index contributed by atoms with van der Waals surface area (Å²) in [6, 6.07) is 10.5. The first-order valence-corrected chi connectivity index (χ1v) is 6.54. The number of hydrogen-bond acceptors (Lipinski definition) is 2. The Morgan fingerprint density at radius 2 is 2.00 bits per heavy atom. The number of rotatable bonds is 4. The van der Waals surface area contributed by atoms with E-state index in [9.17, 15) is 4.79 Å². The smallest absolute Gasteiger partial charge is 0.129 e. The fourth-order valence-corrected chi connectivity index (χ4v) is 2.36. The van der Waals surface area contributed by atoms with Gasteiger partial charge in [0.2, 0.25) is 0 Å². The van der Waals surface area contributed by atoms with E-state index in [1.54, 1.807) is 0 Å². The van der Waals surface area contributed by atoms with Crippen LogP contribution in [0.4, 0.5) is 0 Å². The Morgan fingerprint density at radius 1 is 1.28 bits per heavy atom. The van der Waals surface area contributed by atoms with Gasteiger partial charge in [0.15, 0.2) is 0 Å². The summed E-state index contributed by atoms with van der Waals surface area (Å²) in [7, 11) is 0. The highest BCUT2D eigenvalue weighted by Crippen LogP contribution is 2.29. The summed E-state index contributed by atoms with van der Waals surface area (Å²) in [5.41, 5.74) is 2.34. The van der Waals surface area contributed by atoms with Crippen LogP contribution in [0.3, 0.4) is 0 Å². The van der Waals surface area contributed by atoms with Crippen LogP contribution in [0.5, 0.6) is 0 Å². The zero-order valence-electron chi connectivity index (χ0n) is 11.2. The second kappa shape index (κ2) is 5.49. The molecule has 18 heavy (non-hydrogen) atoms. The van der Waals surface area contributed by atoms with Crippen LogP contribution in [-0.4, -0.2) is 24.3 Å². The van der Waals surface area contributed by atoms with E-state index >= 15 is 0 Å². The second-order valence-corrected chi connectivity index (χ2v) is 5.54. The van der Waals surface area contributed by atoms with Crippen molar-refractivity contribution in [1.29, 1.82) is 0 Å². The Morgan fingerprint density at radius 3 is 2.56 bits per heavy atom. The lowest BCUT2D eigenvalue weighted by Gasteiger charge is -2.31. The summed E-state index contributed by atoms with van der Waals surface area (Å²) in [5.74, 6) is 0. The van der Waals surface area contributed by atoms with Crippen molar-refractivity contribution in [2.75, 3.05) is 13.1 Å². The van der Waals surface area contributed by atoms with Crippen molar-refractivity contribution in [3.05, 3.63) is 47.5 Å². The molecule has 2 heteroatoms. The number of benzene rings is 1. The first kappa shape index (κ1) is 13.0. The maximum Gasteiger partial charge on any atom is 0.129 e. The van der Waals surface area contributed by atoms with E-state index in [0.29, 0.717) is 0 Å². The molecule has 96 valence electrons. The highest BCUT2D eigenvalue weighted by Gasteiger charge is 2.25. The first-order chi connectivity index (χ1) is 8.62. The number of carbonyl (C=O) groups excluding carboxylic acids is 1. The lowest BCUT2D eigenvalue weighted by Crippen LogP contribution is -2.32. The highest BCUT2D eigenvalue weighted by atomic mass is 16.1. The van der Waals surface area contributed by atoms with E-state index in [2.05, 4.69) is 35.2 Å². The maximum atomic E-state index is 11.0. The topological polar surface area (TPSA) is 20.3 Å². The largest absolute Gasteiger partial charge is 0.302 e. The molecular formula is C16H21NO. The van der Waals surface area contributed by atoms with Crippen molar-refractivity contribution < 1.29 is 4.79 Å². The fourth-order valence-electron chi connectivity index (χ4n) is 2.36. The van der Waals surface area contributed by atoms with Gasteiger partial charge >= 0.3 is 0 Å². The Bertz CT molecular complexity index is 434. The summed E-state index contributed by atoms with van der Waals surface area (Å²) in [6.45, 7) is 6.98. The molecule has 1 aliphatic rings. The molecule has 1 heterocycles. The number of nitrogens with zero attached hydrogens (tertiary/aromatic N) is 1. The van der Waals surface area contributed by atoms with Gasteiger partial charge in [-0.1, -0.05) is 42.0 Å². The quantitative estimate of drug-likeness (QED) is 0.598. The van der Waals surface area contributed by atoms with Gasteiger partial charge in [0.05, 0.1) is 0 Å². The van der Waals surface area contributed by atoms with E-state index in [0.717, 1.165) is 32.3 Å². The minimum absolute atomic E-state index is 0.293. The molecule has 0 fully saturated rings. The van der Waals surface area contributed by atoms with Gasteiger partial charge in [-0.25, -0.2) is 0 Å². The molecule has 0 spiro atoms. The molecule has 0 aromatic heterocycles. The van der Waals surface area contributed by atoms with E-state index in [1.807, 2.05) is 19.9 Å². The molecule has 0 bridgehead atoms. The Labute approximate surface area is 109 Å². The molecule has 0 N–H and O–H groups in total. The summed E-state index contributed by atoms with van der Waals surface area (Å²) in [4.78, 5) is 13.5. The number of aldehydes is 1. The van der Waals surface area contributed by atoms with E-state index in [-0.39, 0.29) is 5.41 Å². The highest BCUT2D eigenvalue weighted by molar-refractivity contribution is 5.63. The predicted octanol–water partition coefficient (Wildman–Crippen LogP) is 3.04. The molecule has 0 atom stereocenters. The van der Waals surface area contributed by atoms with Gasteiger partial charge in [0.25, 0.3) is 0 Å². The van der Waals surface area contributed by atoms with Gasteiger partial charge in [-0.2, -0.15) is 0 Å². The molecule has 2 rings (SSSR count). The SMILES string of the molecule is CC(C)(C=O)C1=CCN(Cc2ccccc2)CC1. The summed E-state index contributed by atoms with van der Waals surface area (Å²) in [5, 5.41) is 0. The van der Waals surface area contributed by atoms with Gasteiger partial charge in [0.1, 0.15) is 6.29 Å². The molecule has 0 radical (unpaired) electrons. The zero-order chi connectivity index (χ0) is 13.0. The molecule has 1 aromatic carbocycles. The third-order valence-corrected chi connectivity index (χ3v) is 3.66. The Balaban J connectivity index is 1.96. The lowest BCUT2D eigenvalue weighted by molar-refractivity contribution is -0.113. The molecular weight excluding hydrogens is 222 g/mol. The summed E-state index contributed by atoms with van der Waals surface area (Å²) < 4.78 is 0. The maximum absolute atomic E-state index is 11.0. The van der Waals surface area contributed by atoms with Crippen LogP contribution >= 0.6 is 0 Å². The van der Waals surface area contributed by atoms with Crippen molar-refractivity contribution in [3.8, 4) is 0 Å². The van der Waals surface area contributed by atoms with Crippen LogP contribution in [0.15, 0.2) is 42.0 Å². The second-order valence-electron chi connectivity index (χ2n) is 5.54. The molecule has 0 aliphatic carbocycles. The van der Waals surface area contributed by atoms with Crippen LogP contribution in [0.25, 0.3) is 0 Å². The third-order valence-electron chi connectivity index (χ3n) is 3.66. The van der Waals surface area contributed by atoms with Crippen molar-refractivity contribution in [2.24, 2.45) is 5.41 Å². The van der Waals surface area contributed by atoms with Crippen molar-refractivity contribution in [2.45, 2.75) is 26.8 Å². The molecule has 1 aliphatic heterocycles. The van der Waals surface area contributed by atoms with Crippen LogP contribution in [-0.2, 0) is 11.3 Å². The predicted molar refractivity (Wildman–Crippen MR) is 74.3 cm³/mol. The molecule has 2 nitrogen and oxygen atoms in total. The number of hydrogen-bond donors (Lipinski definition) is 0. The molecule has 0 saturated carbocycles. The van der Waals surface area contributed by atoms with Crippen molar-refractivity contribution >= 4 is 6.29 Å². The molecule has 0 unspecified atom stereocenters. The van der Waals surface area contributed by atoms with Crippen LogP contribution in [0, 0.1) is 5.41 Å². The number of carbonyl (C=O) groups is 1. The van der Waals surface area contributed by atoms with Crippen molar-refractivity contribution in [1.82, 2.24) is 4.90 Å². The van der Waals surface area contributed by atoms with E-state index in [4.69, 9.17) is 0 Å². The standard InChI is InChI=1S/C16H21NO/c1-16(2,13-18)15-8-10-17(11-9-15)12-14-6-4-3-5-7-14/h3-8,13H,9-12H2,1-2H3. The van der Waals surface area contributed by atoms with Gasteiger partial charge in [-0.15, -0.1) is 0 Å². The minimum Gasteiger partial charge on any atom is -0.302 e. The summed E-state index contributed by atoms with van der Waals surface area (Å²) in [6.07, 6.45) is 4.28. The van der Waals surface area contributed by atoms with Gasteiger partial charge < -0.3 is 4.79 Å². The summed E-state index contributed by atoms with van der Waals surface area (Å²) >= 11 is 0. The van der Waals surface area contributed by atoms with Crippen LogP contribution < -0.4 is 0 Å². The van der Waals surface area contributed by atoms with Gasteiger partial charge in [-0.05, 0) is 25.8 Å². The van der Waals surface area contributed by atoms with Crippen molar-refractivity contribution in [3.63, 3.8) is 0 Å². The van der Waals surface area contributed by atoms with Crippen LogP contribution in [0.1, 0.15) is 25.8 Å². The first-order valence-electron chi connectivity index (χ1n) is 6.54.